The van der Waals surface area contributed by atoms with Gasteiger partial charge in [0.05, 0.1) is 0 Å². The minimum Gasteiger partial charge on any atom is -0.261 e. The van der Waals surface area contributed by atoms with E-state index in [4.69, 9.17) is 6.58 Å². The lowest BCUT2D eigenvalue weighted by molar-refractivity contribution is 0.908. The molecule has 1 heteroatoms. The highest BCUT2D eigenvalue weighted by molar-refractivity contribution is 5.12. The molecular weight excluding hydrogens is 122 g/mol. The summed E-state index contributed by atoms with van der Waals surface area (Å²) in [5.74, 6) is 0.251. The number of hydrogen-bond donors (Lipinski definition) is 0. The van der Waals surface area contributed by atoms with Crippen LogP contribution in [0.5, 0.6) is 0 Å². The molecule has 1 heterocycles. The molecule has 1 rings (SSSR count). The van der Waals surface area contributed by atoms with Gasteiger partial charge in [-0.3, -0.25) is 4.98 Å². The van der Waals surface area contributed by atoms with Crippen molar-refractivity contribution in [2.45, 2.75) is 12.8 Å². The summed E-state index contributed by atoms with van der Waals surface area (Å²) in [5.41, 5.74) is 1.02. The van der Waals surface area contributed by atoms with Crippen molar-refractivity contribution in [2.75, 3.05) is 0 Å². The molecule has 0 saturated heterocycles. The van der Waals surface area contributed by atoms with Crippen LogP contribution >= 0.6 is 0 Å². The highest BCUT2D eigenvalue weighted by Crippen LogP contribution is 2.10. The van der Waals surface area contributed by atoms with Crippen LogP contribution in [0.4, 0.5) is 0 Å². The lowest BCUT2D eigenvalue weighted by Gasteiger charge is -2.01. The van der Waals surface area contributed by atoms with Gasteiger partial charge in [-0.15, -0.1) is 0 Å². The number of rotatable bonds is 2. The summed E-state index contributed by atoms with van der Waals surface area (Å²) in [7, 11) is 0. The molecular formula is C9H10N. The predicted molar refractivity (Wildman–Crippen MR) is 41.5 cm³/mol. The minimum atomic E-state index is 0.251. The molecule has 0 spiro atoms. The molecule has 0 aliphatic carbocycles. The first-order valence-electron chi connectivity index (χ1n) is 3.30. The quantitative estimate of drug-likeness (QED) is 0.601. The molecule has 0 aliphatic rings. The van der Waals surface area contributed by atoms with E-state index in [0.29, 0.717) is 0 Å². The van der Waals surface area contributed by atoms with Crippen LogP contribution in [0.1, 0.15) is 18.5 Å². The normalized spacial score (nSPS) is 12.5. The molecule has 0 saturated carbocycles. The Bertz CT molecular complexity index is 203. The van der Waals surface area contributed by atoms with E-state index in [1.807, 2.05) is 25.1 Å². The lowest BCUT2D eigenvalue weighted by Crippen LogP contribution is -1.90. The van der Waals surface area contributed by atoms with Gasteiger partial charge >= 0.3 is 0 Å². The molecule has 51 valence electrons. The van der Waals surface area contributed by atoms with Crippen LogP contribution in [0.15, 0.2) is 30.5 Å². The monoisotopic (exact) mass is 132 g/mol. The molecule has 1 atom stereocenters. The Morgan fingerprint density at radius 1 is 1.60 bits per heavy atom. The molecule has 1 radical (unpaired) electrons. The number of pyridine rings is 1. The molecule has 10 heavy (non-hydrogen) atoms. The molecule has 0 aliphatic heterocycles. The van der Waals surface area contributed by atoms with E-state index in [1.165, 1.54) is 0 Å². The molecule has 0 N–H and O–H groups in total. The number of allylic oxidation sites excluding steroid dienone is 1. The summed E-state index contributed by atoms with van der Waals surface area (Å²) in [5, 5.41) is 0. The van der Waals surface area contributed by atoms with Crippen molar-refractivity contribution >= 4 is 0 Å². The van der Waals surface area contributed by atoms with Gasteiger partial charge in [0.15, 0.2) is 0 Å². The fourth-order valence-electron chi connectivity index (χ4n) is 0.744. The van der Waals surface area contributed by atoms with Gasteiger partial charge in [0.1, 0.15) is 0 Å². The van der Waals surface area contributed by atoms with Crippen LogP contribution in [-0.2, 0) is 0 Å². The maximum atomic E-state index is 5.34. The van der Waals surface area contributed by atoms with Gasteiger partial charge in [0.2, 0.25) is 0 Å². The first-order chi connectivity index (χ1) is 4.84. The standard InChI is InChI=1S/C9H10N/c1-3-8(2)9-6-4-5-7-10-9/h1,3-8H,2H3. The zero-order valence-corrected chi connectivity index (χ0v) is 5.99. The van der Waals surface area contributed by atoms with Crippen molar-refractivity contribution in [1.29, 1.82) is 0 Å². The van der Waals surface area contributed by atoms with Gasteiger partial charge in [0, 0.05) is 17.8 Å². The maximum Gasteiger partial charge on any atom is 0.0469 e. The third kappa shape index (κ3) is 1.44. The van der Waals surface area contributed by atoms with E-state index in [9.17, 15) is 0 Å². The van der Waals surface area contributed by atoms with E-state index in [0.717, 1.165) is 5.69 Å². The van der Waals surface area contributed by atoms with Crippen molar-refractivity contribution in [3.8, 4) is 0 Å². The van der Waals surface area contributed by atoms with E-state index in [1.54, 1.807) is 12.3 Å². The Hall–Kier alpha value is -1.11. The van der Waals surface area contributed by atoms with Crippen LogP contribution in [0.2, 0.25) is 0 Å². The Balaban J connectivity index is 2.84. The first kappa shape index (κ1) is 7.00. The SMILES string of the molecule is [CH]=CC(C)c1ccccn1. The van der Waals surface area contributed by atoms with E-state index in [-0.39, 0.29) is 5.92 Å². The zero-order valence-electron chi connectivity index (χ0n) is 5.99. The van der Waals surface area contributed by atoms with Crippen molar-refractivity contribution in [3.63, 3.8) is 0 Å². The van der Waals surface area contributed by atoms with Gasteiger partial charge in [0.25, 0.3) is 0 Å². The average Bonchev–Trinajstić information content (AvgIpc) is 2.05. The summed E-state index contributed by atoms with van der Waals surface area (Å²) in [6.07, 6.45) is 3.41. The van der Waals surface area contributed by atoms with E-state index in [2.05, 4.69) is 4.98 Å². The van der Waals surface area contributed by atoms with Gasteiger partial charge in [-0.2, -0.15) is 0 Å². The molecule has 1 unspecified atom stereocenters. The highest BCUT2D eigenvalue weighted by Gasteiger charge is 1.98. The maximum absolute atomic E-state index is 5.34. The van der Waals surface area contributed by atoms with Gasteiger partial charge in [-0.05, 0) is 12.1 Å². The molecule has 0 aromatic carbocycles. The fourth-order valence-corrected chi connectivity index (χ4v) is 0.744. The molecule has 0 amide bonds. The largest absolute Gasteiger partial charge is 0.261 e. The highest BCUT2D eigenvalue weighted by atomic mass is 14.7. The smallest absolute Gasteiger partial charge is 0.0469 e. The van der Waals surface area contributed by atoms with Crippen LogP contribution in [-0.4, -0.2) is 4.98 Å². The topological polar surface area (TPSA) is 12.9 Å². The minimum absolute atomic E-state index is 0.251. The van der Waals surface area contributed by atoms with Crippen LogP contribution in [0.3, 0.4) is 0 Å². The Morgan fingerprint density at radius 3 is 2.90 bits per heavy atom. The second-order valence-corrected chi connectivity index (χ2v) is 2.24. The van der Waals surface area contributed by atoms with E-state index >= 15 is 0 Å². The third-order valence-corrected chi connectivity index (χ3v) is 1.44. The number of nitrogens with zero attached hydrogens (tertiary/aromatic N) is 1. The van der Waals surface area contributed by atoms with Crippen molar-refractivity contribution in [3.05, 3.63) is 42.7 Å². The Morgan fingerprint density at radius 2 is 2.40 bits per heavy atom. The van der Waals surface area contributed by atoms with Crippen molar-refractivity contribution in [1.82, 2.24) is 4.98 Å². The number of hydrogen-bond acceptors (Lipinski definition) is 1. The second kappa shape index (κ2) is 3.16. The summed E-state index contributed by atoms with van der Waals surface area (Å²) >= 11 is 0. The van der Waals surface area contributed by atoms with E-state index < -0.39 is 0 Å². The average molecular weight is 132 g/mol. The van der Waals surface area contributed by atoms with Gasteiger partial charge < -0.3 is 0 Å². The van der Waals surface area contributed by atoms with Crippen molar-refractivity contribution in [2.24, 2.45) is 0 Å². The Labute approximate surface area is 61.4 Å². The number of aromatic nitrogens is 1. The van der Waals surface area contributed by atoms with Gasteiger partial charge in [-0.1, -0.05) is 25.6 Å². The third-order valence-electron chi connectivity index (χ3n) is 1.44. The van der Waals surface area contributed by atoms with Gasteiger partial charge in [-0.25, -0.2) is 0 Å². The van der Waals surface area contributed by atoms with Crippen LogP contribution in [0, 0.1) is 6.58 Å². The molecule has 0 fully saturated rings. The molecule has 1 aromatic rings. The molecule has 1 aromatic heterocycles. The zero-order chi connectivity index (χ0) is 7.40. The predicted octanol–water partition coefficient (Wildman–Crippen LogP) is 2.17. The summed E-state index contributed by atoms with van der Waals surface area (Å²) in [4.78, 5) is 4.14. The fraction of sp³-hybridized carbons (Fsp3) is 0.222. The molecule has 1 nitrogen and oxygen atoms in total. The lowest BCUT2D eigenvalue weighted by atomic mass is 10.1. The molecule has 0 bridgehead atoms. The van der Waals surface area contributed by atoms with Crippen LogP contribution < -0.4 is 0 Å². The summed E-state index contributed by atoms with van der Waals surface area (Å²) < 4.78 is 0. The van der Waals surface area contributed by atoms with Crippen molar-refractivity contribution < 1.29 is 0 Å². The second-order valence-electron chi connectivity index (χ2n) is 2.24. The Kier molecular flexibility index (Phi) is 2.21. The summed E-state index contributed by atoms with van der Waals surface area (Å²) in [6, 6.07) is 5.82. The summed E-state index contributed by atoms with van der Waals surface area (Å²) in [6.45, 7) is 7.36. The van der Waals surface area contributed by atoms with Crippen LogP contribution in [0.25, 0.3) is 0 Å². The first-order valence-corrected chi connectivity index (χ1v) is 3.30.